The van der Waals surface area contributed by atoms with E-state index in [1.54, 1.807) is 69.3 Å². The number of fused-ring (bicyclic) bond motifs is 6. The zero-order valence-corrected chi connectivity index (χ0v) is 43.1. The Kier molecular flexibility index (Phi) is 15.0. The van der Waals surface area contributed by atoms with E-state index in [0.717, 1.165) is 23.6 Å². The van der Waals surface area contributed by atoms with Crippen LogP contribution in [0.3, 0.4) is 0 Å². The Bertz CT molecular complexity index is 2800. The molecule has 3 aromatic rings. The van der Waals surface area contributed by atoms with E-state index in [1.165, 1.54) is 39.8 Å². The molecule has 2 saturated carbocycles. The molecule has 3 fully saturated rings. The molecule has 2 bridgehead atoms. The Morgan fingerprint density at radius 3 is 2.16 bits per heavy atom. The standard InChI is InChI=1S/C56H64N2O17/c1-30-37(26-56(68)47(73-48(64)34-19-13-10-14-20-34)45-54(8,46(63)43(62)41(30)53(56,6)7)38(60)25-39-55(45,29-70-39)74-31(2)59)71-49(65)44(42(33-17-11-9-12-18-33)58-51(67)75-52(3,4)5)72-40(61)27-57-50(66)69-28-32-23-35-21-15-16-22-36(35)24-32/h9-23,37-39,42-45,47,60,62,68H,24-29H2,1-8H3,(H,57,66)(H,58,67)/t37-,38-,39+,42-,43+,44+,45-,47-,54+,55-,56+/m0/s1. The monoisotopic (exact) mass is 1040 g/mol. The number of aliphatic hydroxyl groups is 3. The lowest BCUT2D eigenvalue weighted by molar-refractivity contribution is -0.346. The van der Waals surface area contributed by atoms with Crippen LogP contribution in [0.4, 0.5) is 9.59 Å². The molecule has 0 spiro atoms. The number of Topliss-reactive ketones (excluding diaryl/α,β-unsaturated/α-hetero) is 1. The first-order valence-corrected chi connectivity index (χ1v) is 24.8. The van der Waals surface area contributed by atoms with Gasteiger partial charge in [0.2, 0.25) is 6.10 Å². The Hall–Kier alpha value is -6.93. The van der Waals surface area contributed by atoms with Crippen LogP contribution in [0.1, 0.15) is 101 Å². The van der Waals surface area contributed by atoms with Crippen LogP contribution in [0.2, 0.25) is 0 Å². The molecule has 400 valence electrons. The van der Waals surface area contributed by atoms with Gasteiger partial charge in [0, 0.05) is 25.2 Å². The zero-order valence-electron chi connectivity index (χ0n) is 43.1. The fourth-order valence-corrected chi connectivity index (χ4v) is 11.6. The molecule has 0 unspecified atom stereocenters. The number of rotatable bonds is 13. The molecule has 1 saturated heterocycles. The van der Waals surface area contributed by atoms with E-state index in [-0.39, 0.29) is 41.9 Å². The largest absolute Gasteiger partial charge is 0.455 e. The van der Waals surface area contributed by atoms with Crippen molar-refractivity contribution in [1.29, 1.82) is 0 Å². The van der Waals surface area contributed by atoms with Crippen LogP contribution in [0.15, 0.2) is 102 Å². The fourth-order valence-electron chi connectivity index (χ4n) is 11.6. The minimum Gasteiger partial charge on any atom is -0.455 e. The molecular weight excluding hydrogens is 973 g/mol. The van der Waals surface area contributed by atoms with Crippen molar-refractivity contribution in [3.63, 3.8) is 0 Å². The van der Waals surface area contributed by atoms with Gasteiger partial charge in [-0.25, -0.2) is 19.2 Å². The van der Waals surface area contributed by atoms with Gasteiger partial charge in [0.15, 0.2) is 11.4 Å². The summed E-state index contributed by atoms with van der Waals surface area (Å²) in [6.45, 7) is 10.6. The molecule has 4 aliphatic carbocycles. The van der Waals surface area contributed by atoms with Crippen LogP contribution in [0.5, 0.6) is 0 Å². The van der Waals surface area contributed by atoms with Crippen molar-refractivity contribution in [1.82, 2.24) is 10.6 Å². The molecule has 2 amide bonds. The van der Waals surface area contributed by atoms with Crippen molar-refractivity contribution in [2.45, 2.75) is 134 Å². The molecule has 5 aliphatic rings. The van der Waals surface area contributed by atoms with Gasteiger partial charge in [-0.3, -0.25) is 14.4 Å². The second-order valence-electron chi connectivity index (χ2n) is 21.6. The van der Waals surface area contributed by atoms with Gasteiger partial charge in [-0.05, 0) is 86.6 Å². The summed E-state index contributed by atoms with van der Waals surface area (Å²) in [4.78, 5) is 98.3. The molecule has 8 rings (SSSR count). The summed E-state index contributed by atoms with van der Waals surface area (Å²) in [5, 5.41) is 43.2. The van der Waals surface area contributed by atoms with Gasteiger partial charge >= 0.3 is 36.1 Å². The highest BCUT2D eigenvalue weighted by Crippen LogP contribution is 2.64. The Labute approximate surface area is 433 Å². The molecular formula is C56H64N2O17. The molecule has 0 radical (unpaired) electrons. The molecule has 1 aliphatic heterocycles. The first-order chi connectivity index (χ1) is 35.3. The summed E-state index contributed by atoms with van der Waals surface area (Å²) in [6, 6.07) is 21.9. The maximum absolute atomic E-state index is 15.3. The van der Waals surface area contributed by atoms with Crippen LogP contribution < -0.4 is 10.6 Å². The fraction of sp³-hybridized carbons (Fsp3) is 0.482. The topological polar surface area (TPSA) is 269 Å². The molecule has 5 N–H and O–H groups in total. The second kappa shape index (κ2) is 20.7. The highest BCUT2D eigenvalue weighted by molar-refractivity contribution is 5.94. The van der Waals surface area contributed by atoms with E-state index in [1.807, 2.05) is 30.3 Å². The smallest absolute Gasteiger partial charge is 0.408 e. The van der Waals surface area contributed by atoms with Crippen molar-refractivity contribution in [3.05, 3.63) is 124 Å². The van der Waals surface area contributed by atoms with Gasteiger partial charge in [-0.15, -0.1) is 0 Å². The molecule has 75 heavy (non-hydrogen) atoms. The predicted octanol–water partition coefficient (Wildman–Crippen LogP) is 5.18. The summed E-state index contributed by atoms with van der Waals surface area (Å²) < 4.78 is 41.4. The quantitative estimate of drug-likeness (QED) is 0.0839. The normalized spacial score (nSPS) is 29.1. The van der Waals surface area contributed by atoms with Crippen molar-refractivity contribution < 1.29 is 82.0 Å². The third-order valence-electron chi connectivity index (χ3n) is 15.4. The number of ketones is 1. The Morgan fingerprint density at radius 2 is 1.53 bits per heavy atom. The highest BCUT2D eigenvalue weighted by atomic mass is 16.6. The SMILES string of the molecule is CC(=O)O[C@@]12CO[C@@H]1C[C@H](O)[C@@]1(C)C(=O)[C@H](O)C3=C(C)[C@@H](OC(=O)[C@H](OC(=O)CNC(=O)OCC4=Cc5ccccc5C4)[C@@H](NC(=O)OC(C)(C)C)c4ccccc4)C[C@@](O)([C@@H](OC(=O)c4ccccc4)[C@H]21)C3(C)C. The summed E-state index contributed by atoms with van der Waals surface area (Å²) in [7, 11) is 0. The maximum Gasteiger partial charge on any atom is 0.408 e. The number of ether oxygens (including phenoxy) is 7. The number of alkyl carbamates (subject to hydrolysis) is 2. The molecule has 3 aromatic carbocycles. The van der Waals surface area contributed by atoms with E-state index in [2.05, 4.69) is 10.6 Å². The molecule has 19 heteroatoms. The van der Waals surface area contributed by atoms with E-state index in [9.17, 15) is 39.3 Å². The number of carbonyl (C=O) groups is 7. The zero-order chi connectivity index (χ0) is 54.4. The average molecular weight is 1040 g/mol. The second-order valence-corrected chi connectivity index (χ2v) is 21.6. The molecule has 1 heterocycles. The van der Waals surface area contributed by atoms with Gasteiger partial charge in [-0.2, -0.15) is 0 Å². The first kappa shape index (κ1) is 54.3. The summed E-state index contributed by atoms with van der Waals surface area (Å²) in [5.74, 6) is -6.84. The van der Waals surface area contributed by atoms with Gasteiger partial charge in [0.25, 0.3) is 0 Å². The van der Waals surface area contributed by atoms with Crippen LogP contribution in [0.25, 0.3) is 6.08 Å². The van der Waals surface area contributed by atoms with Gasteiger partial charge in [0.05, 0.1) is 29.6 Å². The number of esters is 4. The van der Waals surface area contributed by atoms with Crippen LogP contribution in [-0.2, 0) is 58.8 Å². The lowest BCUT2D eigenvalue weighted by Crippen LogP contribution is -2.81. The summed E-state index contributed by atoms with van der Waals surface area (Å²) in [6.07, 6.45) is -10.7. The number of aliphatic hydroxyl groups excluding tert-OH is 2. The van der Waals surface area contributed by atoms with Crippen LogP contribution >= 0.6 is 0 Å². The molecule has 19 nitrogen and oxygen atoms in total. The van der Waals surface area contributed by atoms with E-state index in [4.69, 9.17) is 33.2 Å². The summed E-state index contributed by atoms with van der Waals surface area (Å²) >= 11 is 0. The van der Waals surface area contributed by atoms with E-state index in [0.29, 0.717) is 6.42 Å². The number of nitrogens with one attached hydrogen (secondary N) is 2. The van der Waals surface area contributed by atoms with Gasteiger partial charge < -0.3 is 59.1 Å². The lowest BCUT2D eigenvalue weighted by Gasteiger charge is -2.67. The minimum absolute atomic E-state index is 0.0353. The lowest BCUT2D eigenvalue weighted by atomic mass is 9.44. The number of hydrogen-bond donors (Lipinski definition) is 5. The van der Waals surface area contributed by atoms with E-state index >= 15 is 9.59 Å². The van der Waals surface area contributed by atoms with Crippen LogP contribution in [0, 0.1) is 16.7 Å². The van der Waals surface area contributed by atoms with Crippen LogP contribution in [-0.4, -0.2) is 130 Å². The number of amides is 2. The number of benzene rings is 3. The Balaban J connectivity index is 1.17. The van der Waals surface area contributed by atoms with Gasteiger partial charge in [-0.1, -0.05) is 92.7 Å². The summed E-state index contributed by atoms with van der Waals surface area (Å²) in [5.41, 5.74) is -6.07. The van der Waals surface area contributed by atoms with Crippen molar-refractivity contribution in [3.8, 4) is 0 Å². The van der Waals surface area contributed by atoms with Crippen molar-refractivity contribution in [2.75, 3.05) is 19.8 Å². The van der Waals surface area contributed by atoms with Gasteiger partial charge in [0.1, 0.15) is 54.8 Å². The minimum atomic E-state index is -2.48. The van der Waals surface area contributed by atoms with Crippen molar-refractivity contribution in [2.24, 2.45) is 16.7 Å². The molecule has 0 aromatic heterocycles. The van der Waals surface area contributed by atoms with E-state index < -0.39 is 131 Å². The maximum atomic E-state index is 15.3. The van der Waals surface area contributed by atoms with Crippen molar-refractivity contribution >= 4 is 47.9 Å². The number of hydrogen-bond acceptors (Lipinski definition) is 17. The number of carbonyl (C=O) groups excluding carboxylic acids is 7. The first-order valence-electron chi connectivity index (χ1n) is 24.8. The predicted molar refractivity (Wildman–Crippen MR) is 265 cm³/mol. The molecule has 11 atom stereocenters. The third kappa shape index (κ3) is 10.3. The average Bonchev–Trinajstić information content (AvgIpc) is 3.78. The highest BCUT2D eigenvalue weighted by Gasteiger charge is 2.78. The Morgan fingerprint density at radius 1 is 0.880 bits per heavy atom. The third-order valence-corrected chi connectivity index (χ3v) is 15.4.